The summed E-state index contributed by atoms with van der Waals surface area (Å²) in [6.45, 7) is 4.36. The zero-order chi connectivity index (χ0) is 16.9. The van der Waals surface area contributed by atoms with Crippen molar-refractivity contribution in [1.82, 2.24) is 5.01 Å². The maximum Gasteiger partial charge on any atom is 0.240 e. The third kappa shape index (κ3) is 3.48. The monoisotopic (exact) mass is 322 g/mol. The van der Waals surface area contributed by atoms with Crippen molar-refractivity contribution in [3.05, 3.63) is 65.7 Å². The van der Waals surface area contributed by atoms with Crippen LogP contribution in [0.1, 0.15) is 43.9 Å². The average molecular weight is 322 g/mol. The normalized spacial score (nSPS) is 16.8. The van der Waals surface area contributed by atoms with Gasteiger partial charge in [0.1, 0.15) is 5.75 Å². The maximum atomic E-state index is 12.0. The number of hydrogen-bond acceptors (Lipinski definition) is 3. The van der Waals surface area contributed by atoms with Crippen molar-refractivity contribution in [2.24, 2.45) is 5.10 Å². The van der Waals surface area contributed by atoms with E-state index in [0.717, 1.165) is 35.4 Å². The van der Waals surface area contributed by atoms with E-state index in [-0.39, 0.29) is 11.9 Å². The number of carbonyl (C=O) groups excluding carboxylic acids is 1. The minimum Gasteiger partial charge on any atom is -0.494 e. The molecule has 0 saturated heterocycles. The van der Waals surface area contributed by atoms with Gasteiger partial charge in [-0.15, -0.1) is 0 Å². The second kappa shape index (κ2) is 7.30. The summed E-state index contributed by atoms with van der Waals surface area (Å²) in [6.07, 6.45) is 1.71. The van der Waals surface area contributed by atoms with Crippen LogP contribution in [0.2, 0.25) is 0 Å². The lowest BCUT2D eigenvalue weighted by Crippen LogP contribution is -2.24. The van der Waals surface area contributed by atoms with Gasteiger partial charge in [0.15, 0.2) is 0 Å². The molecule has 3 rings (SSSR count). The second-order valence-corrected chi connectivity index (χ2v) is 5.91. The highest BCUT2D eigenvalue weighted by molar-refractivity contribution is 6.03. The number of ether oxygens (including phenoxy) is 1. The molecular formula is C20H22N2O2. The van der Waals surface area contributed by atoms with Gasteiger partial charge in [0.25, 0.3) is 0 Å². The van der Waals surface area contributed by atoms with Crippen LogP contribution in [0.25, 0.3) is 0 Å². The summed E-state index contributed by atoms with van der Waals surface area (Å²) in [7, 11) is 0. The average Bonchev–Trinajstić information content (AvgIpc) is 3.07. The van der Waals surface area contributed by atoms with Gasteiger partial charge in [0, 0.05) is 13.3 Å². The van der Waals surface area contributed by atoms with Gasteiger partial charge in [0.05, 0.1) is 18.4 Å². The molecule has 1 unspecified atom stereocenters. The van der Waals surface area contributed by atoms with E-state index >= 15 is 0 Å². The molecule has 0 bridgehead atoms. The molecule has 1 heterocycles. The molecule has 1 atom stereocenters. The summed E-state index contributed by atoms with van der Waals surface area (Å²) in [5.74, 6) is 0.823. The van der Waals surface area contributed by atoms with E-state index in [9.17, 15) is 4.79 Å². The van der Waals surface area contributed by atoms with Crippen molar-refractivity contribution in [2.75, 3.05) is 6.61 Å². The Morgan fingerprint density at radius 1 is 1.17 bits per heavy atom. The van der Waals surface area contributed by atoms with Crippen LogP contribution in [0, 0.1) is 0 Å². The Kier molecular flexibility index (Phi) is 4.94. The standard InChI is InChI=1S/C20H22N2O2/c1-3-13-24-18-11-9-16(10-12-18)19-14-20(22(21-19)15(2)23)17-7-5-4-6-8-17/h4-12,20H,3,13-14H2,1-2H3. The van der Waals surface area contributed by atoms with Gasteiger partial charge in [-0.3, -0.25) is 4.79 Å². The number of hydrogen-bond donors (Lipinski definition) is 0. The van der Waals surface area contributed by atoms with Gasteiger partial charge >= 0.3 is 0 Å². The number of nitrogens with zero attached hydrogens (tertiary/aromatic N) is 2. The molecule has 1 aliphatic heterocycles. The highest BCUT2D eigenvalue weighted by atomic mass is 16.5. The zero-order valence-electron chi connectivity index (χ0n) is 14.1. The van der Waals surface area contributed by atoms with Crippen molar-refractivity contribution < 1.29 is 9.53 Å². The predicted molar refractivity (Wildman–Crippen MR) is 95.1 cm³/mol. The molecule has 24 heavy (non-hydrogen) atoms. The van der Waals surface area contributed by atoms with Gasteiger partial charge in [-0.25, -0.2) is 5.01 Å². The first-order valence-corrected chi connectivity index (χ1v) is 8.34. The molecular weight excluding hydrogens is 300 g/mol. The van der Waals surface area contributed by atoms with E-state index < -0.39 is 0 Å². The number of carbonyl (C=O) groups is 1. The molecule has 0 fully saturated rings. The van der Waals surface area contributed by atoms with Gasteiger partial charge in [0.2, 0.25) is 5.91 Å². The van der Waals surface area contributed by atoms with E-state index in [1.165, 1.54) is 0 Å². The van der Waals surface area contributed by atoms with Crippen LogP contribution in [0.15, 0.2) is 59.7 Å². The number of amides is 1. The fourth-order valence-electron chi connectivity index (χ4n) is 2.87. The Hall–Kier alpha value is -2.62. The Labute approximate surface area is 142 Å². The van der Waals surface area contributed by atoms with E-state index in [4.69, 9.17) is 4.74 Å². The molecule has 1 aliphatic rings. The third-order valence-corrected chi connectivity index (χ3v) is 4.08. The molecule has 0 N–H and O–H groups in total. The van der Waals surface area contributed by atoms with E-state index in [1.54, 1.807) is 11.9 Å². The fraction of sp³-hybridized carbons (Fsp3) is 0.300. The minimum absolute atomic E-state index is 0.0327. The molecule has 4 heteroatoms. The Morgan fingerprint density at radius 2 is 1.88 bits per heavy atom. The van der Waals surface area contributed by atoms with Crippen LogP contribution in [0.5, 0.6) is 5.75 Å². The van der Waals surface area contributed by atoms with Gasteiger partial charge in [-0.1, -0.05) is 37.3 Å². The quantitative estimate of drug-likeness (QED) is 0.829. The van der Waals surface area contributed by atoms with Crippen molar-refractivity contribution in [3.63, 3.8) is 0 Å². The number of benzene rings is 2. The summed E-state index contributed by atoms with van der Waals surface area (Å²) >= 11 is 0. The largest absolute Gasteiger partial charge is 0.494 e. The third-order valence-electron chi connectivity index (χ3n) is 4.08. The molecule has 1 amide bonds. The maximum absolute atomic E-state index is 12.0. The first-order chi connectivity index (χ1) is 11.7. The minimum atomic E-state index is -0.0400. The zero-order valence-corrected chi connectivity index (χ0v) is 14.1. The van der Waals surface area contributed by atoms with Crippen LogP contribution in [-0.2, 0) is 4.79 Å². The molecule has 2 aromatic rings. The van der Waals surface area contributed by atoms with Crippen LogP contribution < -0.4 is 4.74 Å². The SMILES string of the molecule is CCCOc1ccc(C2=NN(C(C)=O)C(c3ccccc3)C2)cc1. The van der Waals surface area contributed by atoms with Crippen LogP contribution >= 0.6 is 0 Å². The lowest BCUT2D eigenvalue weighted by molar-refractivity contribution is -0.130. The molecule has 2 aromatic carbocycles. The molecule has 124 valence electrons. The highest BCUT2D eigenvalue weighted by Crippen LogP contribution is 2.32. The lowest BCUT2D eigenvalue weighted by Gasteiger charge is -2.20. The number of hydrazone groups is 1. The van der Waals surface area contributed by atoms with Gasteiger partial charge in [-0.05, 0) is 41.8 Å². The summed E-state index contributed by atoms with van der Waals surface area (Å²) in [6, 6.07) is 18.0. The van der Waals surface area contributed by atoms with E-state index in [2.05, 4.69) is 12.0 Å². The topological polar surface area (TPSA) is 41.9 Å². The molecule has 0 saturated carbocycles. The summed E-state index contributed by atoms with van der Waals surface area (Å²) < 4.78 is 5.62. The van der Waals surface area contributed by atoms with Crippen LogP contribution in [0.3, 0.4) is 0 Å². The fourth-order valence-corrected chi connectivity index (χ4v) is 2.87. The summed E-state index contributed by atoms with van der Waals surface area (Å²) in [5.41, 5.74) is 3.07. The van der Waals surface area contributed by atoms with Crippen molar-refractivity contribution >= 4 is 11.6 Å². The molecule has 4 nitrogen and oxygen atoms in total. The van der Waals surface area contributed by atoms with Crippen LogP contribution in [0.4, 0.5) is 0 Å². The Morgan fingerprint density at radius 3 is 2.50 bits per heavy atom. The van der Waals surface area contributed by atoms with E-state index in [1.807, 2.05) is 54.6 Å². The predicted octanol–water partition coefficient (Wildman–Crippen LogP) is 4.17. The van der Waals surface area contributed by atoms with Crippen molar-refractivity contribution in [3.8, 4) is 5.75 Å². The Balaban J connectivity index is 1.81. The molecule has 0 aromatic heterocycles. The summed E-state index contributed by atoms with van der Waals surface area (Å²) in [4.78, 5) is 12.0. The highest BCUT2D eigenvalue weighted by Gasteiger charge is 2.31. The van der Waals surface area contributed by atoms with Crippen LogP contribution in [-0.4, -0.2) is 23.2 Å². The van der Waals surface area contributed by atoms with Crippen molar-refractivity contribution in [2.45, 2.75) is 32.7 Å². The molecule has 0 radical (unpaired) electrons. The molecule has 0 aliphatic carbocycles. The summed E-state index contributed by atoms with van der Waals surface area (Å²) in [5, 5.41) is 6.16. The smallest absolute Gasteiger partial charge is 0.240 e. The number of rotatable bonds is 5. The first kappa shape index (κ1) is 16.2. The van der Waals surface area contributed by atoms with E-state index in [0.29, 0.717) is 6.61 Å². The lowest BCUT2D eigenvalue weighted by atomic mass is 9.98. The first-order valence-electron chi connectivity index (χ1n) is 8.34. The van der Waals surface area contributed by atoms with Gasteiger partial charge in [-0.2, -0.15) is 5.10 Å². The van der Waals surface area contributed by atoms with Crippen molar-refractivity contribution in [1.29, 1.82) is 0 Å². The van der Waals surface area contributed by atoms with Gasteiger partial charge < -0.3 is 4.74 Å². The Bertz CT molecular complexity index is 723. The second-order valence-electron chi connectivity index (χ2n) is 5.91. The molecule has 0 spiro atoms.